The van der Waals surface area contributed by atoms with Gasteiger partial charge in [-0.25, -0.2) is 0 Å². The van der Waals surface area contributed by atoms with Crippen molar-refractivity contribution in [1.29, 1.82) is 0 Å². The molecular weight excluding hydrogens is 146 g/mol. The minimum atomic E-state index is 1.04. The molecule has 3 aliphatic rings. The summed E-state index contributed by atoms with van der Waals surface area (Å²) in [6.07, 6.45) is 1.53. The molecule has 0 radical (unpaired) electrons. The van der Waals surface area contributed by atoms with Gasteiger partial charge in [0, 0.05) is 13.1 Å². The van der Waals surface area contributed by atoms with Crippen molar-refractivity contribution >= 4 is 0 Å². The molecule has 0 aromatic heterocycles. The van der Waals surface area contributed by atoms with Crippen molar-refractivity contribution in [1.82, 2.24) is 4.90 Å². The summed E-state index contributed by atoms with van der Waals surface area (Å²) in [5, 5.41) is 0. The van der Waals surface area contributed by atoms with E-state index in [1.54, 1.807) is 0 Å². The maximum Gasteiger partial charge on any atom is 0.00124 e. The molecule has 3 fully saturated rings. The van der Waals surface area contributed by atoms with Crippen molar-refractivity contribution in [3.63, 3.8) is 0 Å². The maximum atomic E-state index is 2.60. The van der Waals surface area contributed by atoms with Crippen LogP contribution in [0, 0.1) is 17.8 Å². The minimum Gasteiger partial charge on any atom is -0.303 e. The molecule has 1 saturated carbocycles. The summed E-state index contributed by atoms with van der Waals surface area (Å²) in [4.78, 5) is 2.60. The molecule has 2 unspecified atom stereocenters. The lowest BCUT2D eigenvalue weighted by Gasteiger charge is -2.52. The molecule has 0 amide bonds. The monoisotopic (exact) mass is 169 g/mol. The number of hydrogen-bond donors (Lipinski definition) is 0. The van der Waals surface area contributed by atoms with Gasteiger partial charge in [0.05, 0.1) is 0 Å². The fourth-order valence-corrected chi connectivity index (χ4v) is 2.48. The standard InChI is InChI=1S/C9H17N.C2H6/c1-3-10-5-8-4-9(6-10)7(8)2;1-2/h7-9H,3-6H2,1-2H3;1-2H3. The van der Waals surface area contributed by atoms with Crippen LogP contribution in [0.3, 0.4) is 0 Å². The van der Waals surface area contributed by atoms with E-state index in [9.17, 15) is 0 Å². The van der Waals surface area contributed by atoms with Crippen molar-refractivity contribution in [2.75, 3.05) is 19.6 Å². The maximum absolute atomic E-state index is 2.60. The number of fused-ring (bicyclic) bond motifs is 2. The van der Waals surface area contributed by atoms with Gasteiger partial charge in [0.1, 0.15) is 0 Å². The topological polar surface area (TPSA) is 3.24 Å². The van der Waals surface area contributed by atoms with Crippen molar-refractivity contribution in [3.8, 4) is 0 Å². The molecular formula is C11H23N. The number of nitrogens with zero attached hydrogens (tertiary/aromatic N) is 1. The van der Waals surface area contributed by atoms with Gasteiger partial charge in [-0.1, -0.05) is 27.7 Å². The van der Waals surface area contributed by atoms with Crippen LogP contribution in [0.2, 0.25) is 0 Å². The summed E-state index contributed by atoms with van der Waals surface area (Å²) >= 11 is 0. The first-order valence-electron chi connectivity index (χ1n) is 5.53. The van der Waals surface area contributed by atoms with E-state index in [1.807, 2.05) is 13.8 Å². The lowest BCUT2D eigenvalue weighted by molar-refractivity contribution is -0.0306. The molecule has 0 spiro atoms. The molecule has 0 N–H and O–H groups in total. The van der Waals surface area contributed by atoms with E-state index in [-0.39, 0.29) is 0 Å². The van der Waals surface area contributed by atoms with Gasteiger partial charge >= 0.3 is 0 Å². The van der Waals surface area contributed by atoms with Gasteiger partial charge in [-0.2, -0.15) is 0 Å². The molecule has 3 rings (SSSR count). The van der Waals surface area contributed by atoms with E-state index in [0.717, 1.165) is 17.8 Å². The van der Waals surface area contributed by atoms with E-state index in [1.165, 1.54) is 26.1 Å². The first kappa shape index (κ1) is 10.0. The van der Waals surface area contributed by atoms with E-state index in [0.29, 0.717) is 0 Å². The van der Waals surface area contributed by atoms with E-state index >= 15 is 0 Å². The fourth-order valence-electron chi connectivity index (χ4n) is 2.48. The Morgan fingerprint density at radius 3 is 2.00 bits per heavy atom. The van der Waals surface area contributed by atoms with Crippen LogP contribution in [0.1, 0.15) is 34.1 Å². The quantitative estimate of drug-likeness (QED) is 0.583. The van der Waals surface area contributed by atoms with Crippen molar-refractivity contribution < 1.29 is 0 Å². The van der Waals surface area contributed by atoms with Crippen molar-refractivity contribution in [3.05, 3.63) is 0 Å². The van der Waals surface area contributed by atoms with Gasteiger partial charge in [-0.15, -0.1) is 0 Å². The Bertz CT molecular complexity index is 121. The van der Waals surface area contributed by atoms with E-state index < -0.39 is 0 Å². The Morgan fingerprint density at radius 2 is 1.67 bits per heavy atom. The molecule has 2 aliphatic heterocycles. The highest BCUT2D eigenvalue weighted by molar-refractivity contribution is 4.94. The first-order valence-corrected chi connectivity index (χ1v) is 5.53. The lowest BCUT2D eigenvalue weighted by atomic mass is 9.62. The van der Waals surface area contributed by atoms with Crippen molar-refractivity contribution in [2.24, 2.45) is 17.8 Å². The Morgan fingerprint density at radius 1 is 1.17 bits per heavy atom. The Kier molecular flexibility index (Phi) is 3.57. The van der Waals surface area contributed by atoms with Crippen LogP contribution in [-0.2, 0) is 0 Å². The Labute approximate surface area is 77.1 Å². The van der Waals surface area contributed by atoms with Crippen LogP contribution in [0.4, 0.5) is 0 Å². The highest BCUT2D eigenvalue weighted by Gasteiger charge is 2.42. The minimum absolute atomic E-state index is 1.04. The molecule has 1 heteroatoms. The third-order valence-corrected chi connectivity index (χ3v) is 3.53. The molecule has 0 aromatic rings. The molecule has 2 atom stereocenters. The van der Waals surface area contributed by atoms with Crippen LogP contribution < -0.4 is 0 Å². The summed E-state index contributed by atoms with van der Waals surface area (Å²) in [5.41, 5.74) is 0. The molecule has 1 nitrogen and oxygen atoms in total. The normalized spacial score (nSPS) is 39.5. The highest BCUT2D eigenvalue weighted by atomic mass is 15.1. The summed E-state index contributed by atoms with van der Waals surface area (Å²) in [7, 11) is 0. The molecule has 2 saturated heterocycles. The average molecular weight is 169 g/mol. The summed E-state index contributed by atoms with van der Waals surface area (Å²) in [6, 6.07) is 0. The third-order valence-electron chi connectivity index (χ3n) is 3.53. The van der Waals surface area contributed by atoms with Crippen LogP contribution in [0.15, 0.2) is 0 Å². The zero-order valence-electron chi connectivity index (χ0n) is 9.01. The summed E-state index contributed by atoms with van der Waals surface area (Å²) in [5.74, 6) is 3.15. The van der Waals surface area contributed by atoms with Gasteiger partial charge in [0.15, 0.2) is 0 Å². The largest absolute Gasteiger partial charge is 0.303 e. The predicted octanol–water partition coefficient (Wildman–Crippen LogP) is 2.62. The zero-order chi connectivity index (χ0) is 9.14. The molecule has 2 heterocycles. The predicted molar refractivity (Wildman–Crippen MR) is 54.2 cm³/mol. The average Bonchev–Trinajstić information content (AvgIpc) is 2.20. The summed E-state index contributed by atoms with van der Waals surface area (Å²) < 4.78 is 0. The second kappa shape index (κ2) is 4.27. The van der Waals surface area contributed by atoms with Gasteiger partial charge in [-0.05, 0) is 30.7 Å². The SMILES string of the molecule is CC.CCN1CC2CC(C1)C2C. The number of piperidine rings is 2. The number of rotatable bonds is 1. The van der Waals surface area contributed by atoms with Crippen LogP contribution >= 0.6 is 0 Å². The zero-order valence-corrected chi connectivity index (χ0v) is 9.01. The highest BCUT2D eigenvalue weighted by Crippen LogP contribution is 2.44. The van der Waals surface area contributed by atoms with Crippen molar-refractivity contribution in [2.45, 2.75) is 34.1 Å². The first-order chi connectivity index (χ1) is 5.81. The molecule has 1 aliphatic carbocycles. The number of hydrogen-bond acceptors (Lipinski definition) is 1. The fraction of sp³-hybridized carbons (Fsp3) is 1.00. The smallest absolute Gasteiger partial charge is 0.00124 e. The third kappa shape index (κ3) is 1.66. The van der Waals surface area contributed by atoms with Gasteiger partial charge < -0.3 is 4.90 Å². The lowest BCUT2D eigenvalue weighted by Crippen LogP contribution is -2.53. The molecule has 0 aromatic carbocycles. The van der Waals surface area contributed by atoms with Crippen LogP contribution in [-0.4, -0.2) is 24.5 Å². The van der Waals surface area contributed by atoms with Gasteiger partial charge in [0.25, 0.3) is 0 Å². The van der Waals surface area contributed by atoms with Crippen LogP contribution in [0.25, 0.3) is 0 Å². The summed E-state index contributed by atoms with van der Waals surface area (Å²) in [6.45, 7) is 12.7. The van der Waals surface area contributed by atoms with Gasteiger partial charge in [0.2, 0.25) is 0 Å². The Balaban J connectivity index is 0.000000336. The molecule has 12 heavy (non-hydrogen) atoms. The molecule has 72 valence electrons. The second-order valence-electron chi connectivity index (χ2n) is 3.97. The van der Waals surface area contributed by atoms with E-state index in [2.05, 4.69) is 18.7 Å². The Hall–Kier alpha value is -0.0400. The van der Waals surface area contributed by atoms with Crippen LogP contribution in [0.5, 0.6) is 0 Å². The molecule has 2 bridgehead atoms. The second-order valence-corrected chi connectivity index (χ2v) is 3.97. The van der Waals surface area contributed by atoms with E-state index in [4.69, 9.17) is 0 Å². The van der Waals surface area contributed by atoms with Gasteiger partial charge in [-0.3, -0.25) is 0 Å².